The average Bonchev–Trinajstić information content (AvgIpc) is 3.96. The average molecular weight is 925 g/mol. The molecule has 3 aromatic carbocycles. The SMILES string of the molecule is Cc1cc(-n2nc3c(c2-n2ccn(-c4ccc5c(cnn5CC5(C)COC5)c4F)c2=O)[C@H](C)N(C(=O)c2cc4cc(C5CCOCC5)ccc4n2[C@@]2(c4noc(=O)[nH]4)C[C@@H]2C)CC3)cc(C)c1F. The number of aryl methyl sites for hydroxylation is 2. The number of nitrogens with one attached hydrogen (secondary N) is 1. The molecular weight excluding hydrogens is 875 g/mol. The molecule has 0 radical (unpaired) electrons. The predicted octanol–water partition coefficient (Wildman–Crippen LogP) is 7.16. The number of hydrogen-bond acceptors (Lipinski definition) is 9. The Morgan fingerprint density at radius 3 is 2.35 bits per heavy atom. The summed E-state index contributed by atoms with van der Waals surface area (Å²) in [5.74, 6) is -0.864. The van der Waals surface area contributed by atoms with Crippen molar-refractivity contribution >= 4 is 27.7 Å². The van der Waals surface area contributed by atoms with Gasteiger partial charge in [-0.05, 0) is 111 Å². The summed E-state index contributed by atoms with van der Waals surface area (Å²) < 4.78 is 56.0. The Bertz CT molecular complexity index is 3470. The summed E-state index contributed by atoms with van der Waals surface area (Å²) in [6.45, 7) is 12.8. The van der Waals surface area contributed by atoms with Gasteiger partial charge in [0.1, 0.15) is 22.9 Å². The molecule has 68 heavy (non-hydrogen) atoms. The summed E-state index contributed by atoms with van der Waals surface area (Å²) in [6.07, 6.45) is 7.32. The van der Waals surface area contributed by atoms with E-state index in [1.54, 1.807) is 58.6 Å². The van der Waals surface area contributed by atoms with Crippen LogP contribution in [0.2, 0.25) is 0 Å². The number of H-pyrrole nitrogens is 1. The molecule has 0 bridgehead atoms. The van der Waals surface area contributed by atoms with Gasteiger partial charge < -0.3 is 18.9 Å². The van der Waals surface area contributed by atoms with Crippen LogP contribution in [0, 0.1) is 36.8 Å². The summed E-state index contributed by atoms with van der Waals surface area (Å²) in [6, 6.07) is 14.3. The third-order valence-electron chi connectivity index (χ3n) is 15.1. The molecule has 1 aliphatic carbocycles. The first-order valence-corrected chi connectivity index (χ1v) is 23.3. The molecule has 0 unspecified atom stereocenters. The molecule has 1 N–H and O–H groups in total. The van der Waals surface area contributed by atoms with E-state index in [2.05, 4.69) is 47.3 Å². The lowest BCUT2D eigenvalue weighted by molar-refractivity contribution is -0.111. The number of rotatable bonds is 9. The summed E-state index contributed by atoms with van der Waals surface area (Å²) >= 11 is 0. The van der Waals surface area contributed by atoms with Crippen molar-refractivity contribution in [3.05, 3.63) is 139 Å². The molecule has 5 aromatic heterocycles. The quantitative estimate of drug-likeness (QED) is 0.158. The molecule has 18 heteroatoms. The molecule has 3 atom stereocenters. The molecule has 8 aromatic rings. The standard InChI is InChI=1S/C50H50F2N10O6/c1-27-18-34(19-28(2)42(27)51)62-44(59-15-14-58(48(59)65)39-9-8-38-35(43(39)52)23-53-60(38)24-49(5)25-67-26-49)41-30(4)57(13-10-36(41)55-62)45(63)40-21-33-20-32(31-11-16-66-17-12-31)6-7-37(33)61(40)50(22-29(50)3)46-54-47(64)68-56-46/h6-9,14-15,18-21,23,29-31H,10-13,16-17,22,24-26H2,1-5H3,(H,54,56,64)/t29-,30-,50-/m0/s1. The Balaban J connectivity index is 0.980. The van der Waals surface area contributed by atoms with Crippen LogP contribution in [-0.4, -0.2) is 87.2 Å². The van der Waals surface area contributed by atoms with E-state index in [-0.39, 0.29) is 34.1 Å². The van der Waals surface area contributed by atoms with Gasteiger partial charge in [-0.2, -0.15) is 10.2 Å². The zero-order chi connectivity index (χ0) is 47.0. The molecular formula is C50H50F2N10O6. The molecule has 16 nitrogen and oxygen atoms in total. The van der Waals surface area contributed by atoms with Crippen LogP contribution >= 0.6 is 0 Å². The second kappa shape index (κ2) is 15.3. The first kappa shape index (κ1) is 42.4. The van der Waals surface area contributed by atoms with Crippen molar-refractivity contribution in [2.75, 3.05) is 33.0 Å². The largest absolute Gasteiger partial charge is 0.438 e. The van der Waals surface area contributed by atoms with Gasteiger partial charge >= 0.3 is 11.4 Å². The summed E-state index contributed by atoms with van der Waals surface area (Å²) in [5.41, 5.74) is 4.13. The highest BCUT2D eigenvalue weighted by molar-refractivity contribution is 6.00. The Labute approximate surface area is 387 Å². The first-order chi connectivity index (χ1) is 32.7. The number of aromatic amines is 1. The third kappa shape index (κ3) is 6.36. The highest BCUT2D eigenvalue weighted by atomic mass is 19.1. The van der Waals surface area contributed by atoms with Crippen molar-refractivity contribution < 1.29 is 27.6 Å². The maximum atomic E-state index is 16.6. The van der Waals surface area contributed by atoms with Crippen LogP contribution in [0.25, 0.3) is 39.0 Å². The fraction of sp³-hybridized carbons (Fsp3) is 0.400. The zero-order valence-electron chi connectivity index (χ0n) is 38.4. The molecule has 8 heterocycles. The van der Waals surface area contributed by atoms with Crippen molar-refractivity contribution in [3.8, 4) is 17.2 Å². The Morgan fingerprint density at radius 1 is 0.926 bits per heavy atom. The summed E-state index contributed by atoms with van der Waals surface area (Å²) in [5, 5.41) is 14.9. The smallest absolute Gasteiger partial charge is 0.381 e. The van der Waals surface area contributed by atoms with Crippen LogP contribution in [0.5, 0.6) is 0 Å². The number of carbonyl (C=O) groups is 1. The second-order valence-corrected chi connectivity index (χ2v) is 19.7. The van der Waals surface area contributed by atoms with Crippen LogP contribution in [-0.2, 0) is 28.0 Å². The van der Waals surface area contributed by atoms with Crippen LogP contribution in [0.4, 0.5) is 8.78 Å². The van der Waals surface area contributed by atoms with E-state index in [1.807, 2.05) is 17.6 Å². The van der Waals surface area contributed by atoms with E-state index in [1.165, 1.54) is 27.1 Å². The number of hydrogen-bond donors (Lipinski definition) is 1. The zero-order valence-corrected chi connectivity index (χ0v) is 38.4. The minimum Gasteiger partial charge on any atom is -0.381 e. The number of carbonyl (C=O) groups excluding carboxylic acids is 1. The summed E-state index contributed by atoms with van der Waals surface area (Å²) in [7, 11) is 0. The number of ether oxygens (including phenoxy) is 2. The van der Waals surface area contributed by atoms with Gasteiger partial charge in [-0.3, -0.25) is 28.1 Å². The molecule has 3 aliphatic heterocycles. The second-order valence-electron chi connectivity index (χ2n) is 19.7. The van der Waals surface area contributed by atoms with Crippen molar-refractivity contribution in [3.63, 3.8) is 0 Å². The number of nitrogens with zero attached hydrogens (tertiary/aromatic N) is 9. The van der Waals surface area contributed by atoms with Gasteiger partial charge in [0.25, 0.3) is 5.91 Å². The molecule has 4 aliphatic rings. The topological polar surface area (TPSA) is 165 Å². The highest BCUT2D eigenvalue weighted by Crippen LogP contribution is 2.56. The molecule has 12 rings (SSSR count). The molecule has 0 spiro atoms. The van der Waals surface area contributed by atoms with Crippen LogP contribution in [0.1, 0.15) is 96.3 Å². The van der Waals surface area contributed by atoms with Crippen molar-refractivity contribution in [2.24, 2.45) is 11.3 Å². The van der Waals surface area contributed by atoms with E-state index < -0.39 is 28.8 Å². The fourth-order valence-electron chi connectivity index (χ4n) is 11.3. The van der Waals surface area contributed by atoms with Gasteiger partial charge in [-0.1, -0.05) is 25.1 Å². The van der Waals surface area contributed by atoms with E-state index in [9.17, 15) is 9.59 Å². The first-order valence-electron chi connectivity index (χ1n) is 23.3. The number of halogens is 2. The van der Waals surface area contributed by atoms with Crippen LogP contribution in [0.15, 0.2) is 81.2 Å². The number of amides is 1. The van der Waals surface area contributed by atoms with Gasteiger partial charge in [0.05, 0.1) is 60.0 Å². The molecule has 1 saturated carbocycles. The van der Waals surface area contributed by atoms with Gasteiger partial charge in [-0.15, -0.1) is 0 Å². The number of benzene rings is 3. The maximum absolute atomic E-state index is 16.6. The molecule has 1 amide bonds. The highest BCUT2D eigenvalue weighted by Gasteiger charge is 2.59. The lowest BCUT2D eigenvalue weighted by atomic mass is 9.89. The van der Waals surface area contributed by atoms with Crippen LogP contribution < -0.4 is 11.4 Å². The monoisotopic (exact) mass is 924 g/mol. The molecule has 2 saturated heterocycles. The Morgan fingerprint density at radius 2 is 1.66 bits per heavy atom. The normalized spacial score (nSPS) is 21.4. The number of fused-ring (bicyclic) bond motifs is 3. The summed E-state index contributed by atoms with van der Waals surface area (Å²) in [4.78, 5) is 47.4. The maximum Gasteiger partial charge on any atom is 0.438 e. The Kier molecular flexibility index (Phi) is 9.55. The molecule has 3 fully saturated rings. The van der Waals surface area contributed by atoms with Crippen LogP contribution in [0.3, 0.4) is 0 Å². The predicted molar refractivity (Wildman–Crippen MR) is 246 cm³/mol. The lowest BCUT2D eigenvalue weighted by Crippen LogP contribution is -2.43. The van der Waals surface area contributed by atoms with Gasteiger partial charge in [0.2, 0.25) is 0 Å². The van der Waals surface area contributed by atoms with E-state index in [0.29, 0.717) is 109 Å². The van der Waals surface area contributed by atoms with Crippen molar-refractivity contribution in [1.29, 1.82) is 0 Å². The molecule has 350 valence electrons. The van der Waals surface area contributed by atoms with E-state index in [4.69, 9.17) is 19.1 Å². The van der Waals surface area contributed by atoms with E-state index >= 15 is 13.6 Å². The number of imidazole rings is 1. The number of aromatic nitrogens is 9. The van der Waals surface area contributed by atoms with Gasteiger partial charge in [-0.25, -0.2) is 23.1 Å². The van der Waals surface area contributed by atoms with Gasteiger partial charge in [0, 0.05) is 60.5 Å². The fourth-order valence-corrected chi connectivity index (χ4v) is 11.3. The minimum atomic E-state index is -0.853. The minimum absolute atomic E-state index is 0.00179. The Hall–Kier alpha value is -6.92. The van der Waals surface area contributed by atoms with Crippen molar-refractivity contribution in [2.45, 2.75) is 84.3 Å². The van der Waals surface area contributed by atoms with Crippen molar-refractivity contribution in [1.82, 2.24) is 48.3 Å². The van der Waals surface area contributed by atoms with Gasteiger partial charge in [0.15, 0.2) is 11.6 Å². The third-order valence-corrected chi connectivity index (χ3v) is 15.1. The van der Waals surface area contributed by atoms with E-state index in [0.717, 1.165) is 23.7 Å². The lowest BCUT2D eigenvalue weighted by Gasteiger charge is -2.37.